The molecule has 2 atom stereocenters. The van der Waals surface area contributed by atoms with Crippen LogP contribution in [0, 0.1) is 5.92 Å². The van der Waals surface area contributed by atoms with Gasteiger partial charge in [-0.15, -0.1) is 0 Å². The molecule has 1 saturated carbocycles. The molecule has 1 aliphatic carbocycles. The first kappa shape index (κ1) is 20.0. The van der Waals surface area contributed by atoms with E-state index >= 15 is 0 Å². The third-order valence-electron chi connectivity index (χ3n) is 5.82. The predicted molar refractivity (Wildman–Crippen MR) is 124 cm³/mol. The minimum absolute atomic E-state index is 0.101. The maximum absolute atomic E-state index is 12.3. The third kappa shape index (κ3) is 4.27. The molecule has 5 rings (SSSR count). The van der Waals surface area contributed by atoms with Crippen LogP contribution >= 0.6 is 11.6 Å². The number of amides is 1. The Bertz CT molecular complexity index is 1160. The van der Waals surface area contributed by atoms with Crippen LogP contribution in [0.15, 0.2) is 48.7 Å². The molecular weight excluding hydrogens is 410 g/mol. The van der Waals surface area contributed by atoms with Crippen molar-refractivity contribution < 1.29 is 4.79 Å². The van der Waals surface area contributed by atoms with Crippen LogP contribution in [0.25, 0.3) is 11.3 Å². The van der Waals surface area contributed by atoms with Crippen molar-refractivity contribution in [1.82, 2.24) is 14.9 Å². The van der Waals surface area contributed by atoms with Crippen LogP contribution < -0.4 is 10.6 Å². The van der Waals surface area contributed by atoms with E-state index in [-0.39, 0.29) is 12.3 Å². The summed E-state index contributed by atoms with van der Waals surface area (Å²) in [6, 6.07) is 13.9. The summed E-state index contributed by atoms with van der Waals surface area (Å²) >= 11 is 6.13. The SMILES string of the molecule is CN(C)C[C@@H]1C[C@H]1c1cccc(Nc2ncc3c(n2)-c2ccc(Cl)cc2NC(=O)C3)c1. The molecule has 2 N–H and O–H groups in total. The smallest absolute Gasteiger partial charge is 0.228 e. The molecule has 1 aromatic heterocycles. The highest BCUT2D eigenvalue weighted by atomic mass is 35.5. The van der Waals surface area contributed by atoms with Crippen LogP contribution in [0.2, 0.25) is 5.02 Å². The van der Waals surface area contributed by atoms with Crippen LogP contribution in [0.5, 0.6) is 0 Å². The first-order chi connectivity index (χ1) is 15.0. The summed E-state index contributed by atoms with van der Waals surface area (Å²) in [4.78, 5) is 23.7. The largest absolute Gasteiger partial charge is 0.325 e. The monoisotopic (exact) mass is 433 g/mol. The van der Waals surface area contributed by atoms with Crippen molar-refractivity contribution in [2.24, 2.45) is 5.92 Å². The Morgan fingerprint density at radius 3 is 2.94 bits per heavy atom. The second-order valence-electron chi connectivity index (χ2n) is 8.60. The maximum atomic E-state index is 12.3. The fourth-order valence-electron chi connectivity index (χ4n) is 4.33. The summed E-state index contributed by atoms with van der Waals surface area (Å²) in [5, 5.41) is 6.82. The number of hydrogen-bond acceptors (Lipinski definition) is 5. The number of nitrogens with zero attached hydrogens (tertiary/aromatic N) is 3. The van der Waals surface area contributed by atoms with Crippen molar-refractivity contribution in [2.75, 3.05) is 31.3 Å². The van der Waals surface area contributed by atoms with Gasteiger partial charge in [0.25, 0.3) is 0 Å². The lowest BCUT2D eigenvalue weighted by molar-refractivity contribution is -0.115. The van der Waals surface area contributed by atoms with E-state index in [1.54, 1.807) is 18.3 Å². The fraction of sp³-hybridized carbons (Fsp3) is 0.292. The summed E-state index contributed by atoms with van der Waals surface area (Å²) in [6.07, 6.45) is 3.19. The minimum Gasteiger partial charge on any atom is -0.325 e. The van der Waals surface area contributed by atoms with E-state index in [4.69, 9.17) is 16.6 Å². The predicted octanol–water partition coefficient (Wildman–Crippen LogP) is 4.70. The van der Waals surface area contributed by atoms with Crippen molar-refractivity contribution in [3.05, 3.63) is 64.8 Å². The van der Waals surface area contributed by atoms with E-state index in [1.165, 1.54) is 12.0 Å². The van der Waals surface area contributed by atoms with Gasteiger partial charge < -0.3 is 15.5 Å². The van der Waals surface area contributed by atoms with Gasteiger partial charge in [-0.25, -0.2) is 9.97 Å². The van der Waals surface area contributed by atoms with Crippen molar-refractivity contribution >= 4 is 34.8 Å². The lowest BCUT2D eigenvalue weighted by atomic mass is 10.1. The lowest BCUT2D eigenvalue weighted by Gasteiger charge is -2.12. The van der Waals surface area contributed by atoms with Crippen LogP contribution in [-0.2, 0) is 11.2 Å². The highest BCUT2D eigenvalue weighted by Gasteiger charge is 2.38. The molecule has 0 bridgehead atoms. The molecule has 1 aliphatic heterocycles. The van der Waals surface area contributed by atoms with Crippen molar-refractivity contribution in [2.45, 2.75) is 18.8 Å². The number of carbonyl (C=O) groups is 1. The van der Waals surface area contributed by atoms with E-state index in [9.17, 15) is 4.79 Å². The van der Waals surface area contributed by atoms with Gasteiger partial charge in [0, 0.05) is 34.6 Å². The van der Waals surface area contributed by atoms with Crippen LogP contribution in [0.1, 0.15) is 23.5 Å². The number of carbonyl (C=O) groups excluding carboxylic acids is 1. The first-order valence-corrected chi connectivity index (χ1v) is 10.8. The number of hydrogen-bond donors (Lipinski definition) is 2. The summed E-state index contributed by atoms with van der Waals surface area (Å²) in [7, 11) is 4.25. The van der Waals surface area contributed by atoms with Gasteiger partial charge in [0.2, 0.25) is 11.9 Å². The zero-order valence-electron chi connectivity index (χ0n) is 17.5. The summed E-state index contributed by atoms with van der Waals surface area (Å²) in [6.45, 7) is 1.12. The number of anilines is 3. The van der Waals surface area contributed by atoms with Gasteiger partial charge in [0.05, 0.1) is 17.8 Å². The minimum atomic E-state index is -0.101. The standard InChI is InChI=1S/C24H24ClN5O/c1-30(2)13-16-9-20(16)14-4-3-5-18(8-14)27-24-26-12-15-10-22(31)28-21-11-17(25)6-7-19(21)23(15)29-24/h3-8,11-12,16,20H,9-10,13H2,1-2H3,(H,28,31)(H,26,27,29)/t16-,20-/m0/s1. The van der Waals surface area contributed by atoms with Gasteiger partial charge in [-0.2, -0.15) is 0 Å². The van der Waals surface area contributed by atoms with Gasteiger partial charge in [0.1, 0.15) is 0 Å². The van der Waals surface area contributed by atoms with Gasteiger partial charge in [0.15, 0.2) is 0 Å². The van der Waals surface area contributed by atoms with Crippen LogP contribution in [0.4, 0.5) is 17.3 Å². The first-order valence-electron chi connectivity index (χ1n) is 10.4. The molecule has 2 aliphatic rings. The van der Waals surface area contributed by atoms with E-state index in [1.807, 2.05) is 12.1 Å². The Morgan fingerprint density at radius 2 is 2.10 bits per heavy atom. The molecule has 31 heavy (non-hydrogen) atoms. The number of fused-ring (bicyclic) bond motifs is 3. The normalized spacial score (nSPS) is 19.3. The summed E-state index contributed by atoms with van der Waals surface area (Å²) in [5.74, 6) is 1.75. The number of rotatable bonds is 5. The van der Waals surface area contributed by atoms with Gasteiger partial charge in [-0.1, -0.05) is 23.7 Å². The van der Waals surface area contributed by atoms with Crippen LogP contribution in [-0.4, -0.2) is 41.4 Å². The Morgan fingerprint density at radius 1 is 1.23 bits per heavy atom. The zero-order valence-corrected chi connectivity index (χ0v) is 18.3. The molecular formula is C24H24ClN5O. The molecule has 0 saturated heterocycles. The molecule has 6 nitrogen and oxygen atoms in total. The van der Waals surface area contributed by atoms with E-state index in [2.05, 4.69) is 52.8 Å². The summed E-state index contributed by atoms with van der Waals surface area (Å²) < 4.78 is 0. The Kier molecular flexibility index (Phi) is 5.12. The van der Waals surface area contributed by atoms with Crippen molar-refractivity contribution in [3.8, 4) is 11.3 Å². The third-order valence-corrected chi connectivity index (χ3v) is 6.05. The number of benzene rings is 2. The molecule has 0 radical (unpaired) electrons. The number of aromatic nitrogens is 2. The second kappa shape index (κ2) is 7.94. The fourth-order valence-corrected chi connectivity index (χ4v) is 4.50. The Balaban J connectivity index is 1.42. The lowest BCUT2D eigenvalue weighted by Crippen LogP contribution is -2.15. The average molecular weight is 434 g/mol. The Labute approximate surface area is 186 Å². The molecule has 2 heterocycles. The molecule has 3 aromatic rings. The zero-order chi connectivity index (χ0) is 21.5. The van der Waals surface area contributed by atoms with Gasteiger partial charge in [-0.3, -0.25) is 4.79 Å². The van der Waals surface area contributed by atoms with Crippen molar-refractivity contribution in [3.63, 3.8) is 0 Å². The topological polar surface area (TPSA) is 70.2 Å². The molecule has 0 unspecified atom stereocenters. The van der Waals surface area contributed by atoms with Crippen LogP contribution in [0.3, 0.4) is 0 Å². The molecule has 158 valence electrons. The number of nitrogens with one attached hydrogen (secondary N) is 2. The van der Waals surface area contributed by atoms with Crippen molar-refractivity contribution in [1.29, 1.82) is 0 Å². The molecule has 1 fully saturated rings. The van der Waals surface area contributed by atoms with Gasteiger partial charge in [-0.05, 0) is 68.2 Å². The maximum Gasteiger partial charge on any atom is 0.228 e. The molecule has 0 spiro atoms. The molecule has 1 amide bonds. The molecule has 2 aromatic carbocycles. The van der Waals surface area contributed by atoms with E-state index < -0.39 is 0 Å². The quantitative estimate of drug-likeness (QED) is 0.610. The average Bonchev–Trinajstić information content (AvgIpc) is 3.49. The Hall–Kier alpha value is -2.96. The highest BCUT2D eigenvalue weighted by Crippen LogP contribution is 2.48. The second-order valence-corrected chi connectivity index (χ2v) is 9.03. The summed E-state index contributed by atoms with van der Waals surface area (Å²) in [5.41, 5.74) is 5.36. The highest BCUT2D eigenvalue weighted by molar-refractivity contribution is 6.31. The number of halogens is 1. The molecule has 7 heteroatoms. The van der Waals surface area contributed by atoms with Gasteiger partial charge >= 0.3 is 0 Å². The van der Waals surface area contributed by atoms with E-state index in [0.29, 0.717) is 22.6 Å². The van der Waals surface area contributed by atoms with E-state index in [0.717, 1.165) is 35.0 Å².